The van der Waals surface area contributed by atoms with Crippen LogP contribution in [0.1, 0.15) is 24.4 Å². The number of rotatable bonds is 7. The Morgan fingerprint density at radius 1 is 1.21 bits per heavy atom. The molecule has 0 spiro atoms. The monoisotopic (exact) mass is 411 g/mol. The van der Waals surface area contributed by atoms with E-state index in [0.717, 1.165) is 22.0 Å². The smallest absolute Gasteiger partial charge is 0.233 e. The highest BCUT2D eigenvalue weighted by Gasteiger charge is 2.29. The number of imidazole rings is 1. The van der Waals surface area contributed by atoms with Gasteiger partial charge in [0.15, 0.2) is 5.16 Å². The summed E-state index contributed by atoms with van der Waals surface area (Å²) >= 11 is 7.55. The molecular formula is C22H22ClN3OS. The molecule has 0 bridgehead atoms. The highest BCUT2D eigenvalue weighted by atomic mass is 35.5. The Kier molecular flexibility index (Phi) is 5.74. The van der Waals surface area contributed by atoms with Crippen molar-refractivity contribution in [2.24, 2.45) is 0 Å². The lowest BCUT2D eigenvalue weighted by Crippen LogP contribution is -2.27. The van der Waals surface area contributed by atoms with Gasteiger partial charge in [0.2, 0.25) is 5.91 Å². The van der Waals surface area contributed by atoms with Gasteiger partial charge < -0.3 is 9.47 Å². The minimum atomic E-state index is 0.0802. The number of benzene rings is 2. The molecule has 0 saturated heterocycles. The summed E-state index contributed by atoms with van der Waals surface area (Å²) in [5.74, 6) is 0.450. The number of aromatic nitrogens is 2. The molecule has 28 heavy (non-hydrogen) atoms. The van der Waals surface area contributed by atoms with Crippen LogP contribution in [-0.2, 0) is 11.3 Å². The summed E-state index contributed by atoms with van der Waals surface area (Å²) in [4.78, 5) is 19.0. The summed E-state index contributed by atoms with van der Waals surface area (Å²) in [7, 11) is 1.83. The largest absolute Gasteiger partial charge is 0.341 e. The summed E-state index contributed by atoms with van der Waals surface area (Å²) in [6.07, 6.45) is 4.27. The molecule has 0 aliphatic heterocycles. The predicted octanol–water partition coefficient (Wildman–Crippen LogP) is 5.29. The van der Waals surface area contributed by atoms with Crippen LogP contribution in [0.4, 0.5) is 0 Å². The van der Waals surface area contributed by atoms with Crippen molar-refractivity contribution in [1.82, 2.24) is 14.5 Å². The number of hydrogen-bond acceptors (Lipinski definition) is 3. The van der Waals surface area contributed by atoms with Gasteiger partial charge in [-0.1, -0.05) is 65.8 Å². The van der Waals surface area contributed by atoms with Crippen LogP contribution in [0, 0.1) is 0 Å². The molecule has 4 nitrogen and oxygen atoms in total. The number of thioether (sulfide) groups is 1. The van der Waals surface area contributed by atoms with Crippen molar-refractivity contribution in [3.63, 3.8) is 0 Å². The zero-order valence-corrected chi connectivity index (χ0v) is 17.3. The Bertz CT molecular complexity index is 969. The zero-order valence-electron chi connectivity index (χ0n) is 15.7. The fourth-order valence-electron chi connectivity index (χ4n) is 3.19. The van der Waals surface area contributed by atoms with Crippen LogP contribution in [0.15, 0.2) is 66.0 Å². The second-order valence-corrected chi connectivity index (χ2v) is 8.44. The first-order valence-electron chi connectivity index (χ1n) is 9.35. The standard InChI is InChI=1S/C22H22ClN3OS/c1-25(14-16-6-5-9-18(23)12-16)21(27)15-28-22-24-13-20(26(22)19-10-11-19)17-7-3-2-4-8-17/h2-9,12-13,19H,10-11,14-15H2,1H3. The summed E-state index contributed by atoms with van der Waals surface area (Å²) in [5.41, 5.74) is 3.32. The average molecular weight is 412 g/mol. The zero-order chi connectivity index (χ0) is 19.5. The molecule has 4 rings (SSSR count). The molecule has 0 atom stereocenters. The van der Waals surface area contributed by atoms with Crippen molar-refractivity contribution in [1.29, 1.82) is 0 Å². The lowest BCUT2D eigenvalue weighted by atomic mass is 10.2. The Balaban J connectivity index is 1.43. The minimum absolute atomic E-state index is 0.0802. The van der Waals surface area contributed by atoms with E-state index in [1.165, 1.54) is 24.6 Å². The van der Waals surface area contributed by atoms with E-state index in [2.05, 4.69) is 21.7 Å². The molecule has 1 heterocycles. The van der Waals surface area contributed by atoms with E-state index in [4.69, 9.17) is 11.6 Å². The molecule has 1 aliphatic carbocycles. The molecule has 1 saturated carbocycles. The number of carbonyl (C=O) groups excluding carboxylic acids is 1. The molecule has 6 heteroatoms. The van der Waals surface area contributed by atoms with Crippen LogP contribution in [0.3, 0.4) is 0 Å². The SMILES string of the molecule is CN(Cc1cccc(Cl)c1)C(=O)CSc1ncc(-c2ccccc2)n1C1CC1. The molecule has 1 fully saturated rings. The summed E-state index contributed by atoms with van der Waals surface area (Å²) < 4.78 is 2.30. The molecular weight excluding hydrogens is 390 g/mol. The first-order valence-corrected chi connectivity index (χ1v) is 10.7. The van der Waals surface area contributed by atoms with Gasteiger partial charge in [-0.2, -0.15) is 0 Å². The van der Waals surface area contributed by atoms with Gasteiger partial charge >= 0.3 is 0 Å². The maximum absolute atomic E-state index is 12.6. The number of hydrogen-bond donors (Lipinski definition) is 0. The van der Waals surface area contributed by atoms with E-state index in [1.54, 1.807) is 4.90 Å². The van der Waals surface area contributed by atoms with Crippen molar-refractivity contribution >= 4 is 29.3 Å². The average Bonchev–Trinajstić information content (AvgIpc) is 3.45. The summed E-state index contributed by atoms with van der Waals surface area (Å²) in [6.45, 7) is 0.548. The molecule has 1 aromatic heterocycles. The van der Waals surface area contributed by atoms with Gasteiger partial charge in [-0.15, -0.1) is 0 Å². The molecule has 1 aliphatic rings. The fraction of sp³-hybridized carbons (Fsp3) is 0.273. The maximum atomic E-state index is 12.6. The third-order valence-corrected chi connectivity index (χ3v) is 5.99. The van der Waals surface area contributed by atoms with Gasteiger partial charge in [0.05, 0.1) is 17.6 Å². The highest BCUT2D eigenvalue weighted by Crippen LogP contribution is 2.41. The predicted molar refractivity (Wildman–Crippen MR) is 115 cm³/mol. The van der Waals surface area contributed by atoms with Gasteiger partial charge in [-0.3, -0.25) is 4.79 Å². The lowest BCUT2D eigenvalue weighted by molar-refractivity contribution is -0.127. The van der Waals surface area contributed by atoms with Gasteiger partial charge in [0.1, 0.15) is 0 Å². The van der Waals surface area contributed by atoms with Gasteiger partial charge in [-0.25, -0.2) is 4.98 Å². The fourth-order valence-corrected chi connectivity index (χ4v) is 4.39. The third-order valence-electron chi connectivity index (χ3n) is 4.80. The van der Waals surface area contributed by atoms with E-state index in [9.17, 15) is 4.79 Å². The normalized spacial score (nSPS) is 13.5. The number of halogens is 1. The Labute approximate surface area is 174 Å². The van der Waals surface area contributed by atoms with Gasteiger partial charge in [0.25, 0.3) is 0 Å². The number of carbonyl (C=O) groups is 1. The van der Waals surface area contributed by atoms with Crippen molar-refractivity contribution in [2.45, 2.75) is 30.6 Å². The molecule has 0 N–H and O–H groups in total. The molecule has 144 valence electrons. The number of nitrogens with zero attached hydrogens (tertiary/aromatic N) is 3. The van der Waals surface area contributed by atoms with E-state index in [-0.39, 0.29) is 5.91 Å². The second kappa shape index (κ2) is 8.41. The Morgan fingerprint density at radius 3 is 2.71 bits per heavy atom. The first kappa shape index (κ1) is 19.1. The summed E-state index contributed by atoms with van der Waals surface area (Å²) in [5, 5.41) is 1.61. The maximum Gasteiger partial charge on any atom is 0.233 e. The molecule has 2 aromatic carbocycles. The van der Waals surface area contributed by atoms with Crippen LogP contribution < -0.4 is 0 Å². The van der Waals surface area contributed by atoms with Crippen molar-refractivity contribution in [3.05, 3.63) is 71.4 Å². The molecule has 3 aromatic rings. The van der Waals surface area contributed by atoms with E-state index < -0.39 is 0 Å². The van der Waals surface area contributed by atoms with Crippen molar-refractivity contribution in [2.75, 3.05) is 12.8 Å². The highest BCUT2D eigenvalue weighted by molar-refractivity contribution is 7.99. The van der Waals surface area contributed by atoms with Crippen LogP contribution in [0.25, 0.3) is 11.3 Å². The first-order chi connectivity index (χ1) is 13.6. The second-order valence-electron chi connectivity index (χ2n) is 7.06. The van der Waals surface area contributed by atoms with Crippen molar-refractivity contribution < 1.29 is 4.79 Å². The molecule has 0 radical (unpaired) electrons. The number of amides is 1. The van der Waals surface area contributed by atoms with E-state index in [1.807, 2.05) is 55.7 Å². The lowest BCUT2D eigenvalue weighted by Gasteiger charge is -2.17. The topological polar surface area (TPSA) is 38.1 Å². The van der Waals surface area contributed by atoms with Gasteiger partial charge in [-0.05, 0) is 36.1 Å². The van der Waals surface area contributed by atoms with Crippen LogP contribution in [-0.4, -0.2) is 33.2 Å². The van der Waals surface area contributed by atoms with Crippen LogP contribution >= 0.6 is 23.4 Å². The van der Waals surface area contributed by atoms with Crippen molar-refractivity contribution in [3.8, 4) is 11.3 Å². The van der Waals surface area contributed by atoms with Crippen LogP contribution in [0.2, 0.25) is 5.02 Å². The van der Waals surface area contributed by atoms with Gasteiger partial charge in [0, 0.05) is 24.7 Å². The molecule has 1 amide bonds. The van der Waals surface area contributed by atoms with Crippen LogP contribution in [0.5, 0.6) is 0 Å². The quantitative estimate of drug-likeness (QED) is 0.496. The summed E-state index contributed by atoms with van der Waals surface area (Å²) in [6, 6.07) is 18.4. The Morgan fingerprint density at radius 2 is 2.00 bits per heavy atom. The Hall–Kier alpha value is -2.24. The third kappa shape index (κ3) is 4.42. The van der Waals surface area contributed by atoms with E-state index >= 15 is 0 Å². The molecule has 0 unspecified atom stereocenters. The van der Waals surface area contributed by atoms with E-state index in [0.29, 0.717) is 23.4 Å². The minimum Gasteiger partial charge on any atom is -0.341 e.